The minimum Gasteiger partial charge on any atom is -0.480 e. The molecule has 0 radical (unpaired) electrons. The maximum absolute atomic E-state index is 12.1. The number of alkyl halides is 2. The Labute approximate surface area is 119 Å². The summed E-state index contributed by atoms with van der Waals surface area (Å²) in [4.78, 5) is 23.4. The van der Waals surface area contributed by atoms with Gasteiger partial charge in [-0.15, -0.1) is 0 Å². The third kappa shape index (κ3) is 3.48. The summed E-state index contributed by atoms with van der Waals surface area (Å²) in [6, 6.07) is 5.11. The van der Waals surface area contributed by atoms with Crippen LogP contribution in [0.15, 0.2) is 24.3 Å². The van der Waals surface area contributed by atoms with E-state index in [4.69, 9.17) is 0 Å². The lowest BCUT2D eigenvalue weighted by atomic mass is 9.97. The van der Waals surface area contributed by atoms with E-state index in [0.717, 1.165) is 12.8 Å². The van der Waals surface area contributed by atoms with E-state index in [0.29, 0.717) is 12.8 Å². The molecule has 0 spiro atoms. The molecule has 1 aliphatic carbocycles. The molecule has 1 saturated carbocycles. The maximum Gasteiger partial charge on any atom is 0.387 e. The van der Waals surface area contributed by atoms with Crippen molar-refractivity contribution < 1.29 is 28.2 Å². The van der Waals surface area contributed by atoms with Gasteiger partial charge in [-0.2, -0.15) is 8.78 Å². The van der Waals surface area contributed by atoms with Gasteiger partial charge >= 0.3 is 12.6 Å². The quantitative estimate of drug-likeness (QED) is 0.875. The summed E-state index contributed by atoms with van der Waals surface area (Å²) < 4.78 is 28.2. The first kappa shape index (κ1) is 15.2. The topological polar surface area (TPSA) is 75.6 Å². The number of hydrogen-bond acceptors (Lipinski definition) is 3. The molecule has 1 aromatic carbocycles. The fourth-order valence-electron chi connectivity index (χ4n) is 2.45. The normalized spacial score (nSPS) is 16.7. The molecular weight excluding hydrogens is 284 g/mol. The van der Waals surface area contributed by atoms with Crippen LogP contribution in [-0.4, -0.2) is 29.1 Å². The number of carbonyl (C=O) groups is 2. The van der Waals surface area contributed by atoms with Crippen molar-refractivity contribution in [2.45, 2.75) is 37.8 Å². The molecule has 5 nitrogen and oxygen atoms in total. The van der Waals surface area contributed by atoms with E-state index in [1.807, 2.05) is 0 Å². The molecule has 2 N–H and O–H groups in total. The highest BCUT2D eigenvalue weighted by Gasteiger charge is 2.42. The van der Waals surface area contributed by atoms with Gasteiger partial charge in [0.25, 0.3) is 5.91 Å². The number of amides is 1. The number of halogens is 2. The molecule has 0 aromatic heterocycles. The Hall–Kier alpha value is -2.18. The van der Waals surface area contributed by atoms with Crippen LogP contribution in [0, 0.1) is 0 Å². The summed E-state index contributed by atoms with van der Waals surface area (Å²) in [5.41, 5.74) is -1.03. The first-order valence-electron chi connectivity index (χ1n) is 6.54. The molecule has 21 heavy (non-hydrogen) atoms. The zero-order chi connectivity index (χ0) is 15.5. The number of ether oxygens (including phenoxy) is 1. The lowest BCUT2D eigenvalue weighted by Gasteiger charge is -2.25. The second-order valence-corrected chi connectivity index (χ2v) is 4.95. The van der Waals surface area contributed by atoms with Gasteiger partial charge in [-0.25, -0.2) is 4.79 Å². The van der Waals surface area contributed by atoms with Crippen molar-refractivity contribution >= 4 is 11.9 Å². The lowest BCUT2D eigenvalue weighted by Crippen LogP contribution is -2.52. The highest BCUT2D eigenvalue weighted by molar-refractivity contribution is 5.98. The predicted octanol–water partition coefficient (Wildman–Crippen LogP) is 2.42. The van der Waals surface area contributed by atoms with Crippen LogP contribution in [0.4, 0.5) is 8.78 Å². The number of carboxylic acids is 1. The van der Waals surface area contributed by atoms with Gasteiger partial charge in [0.15, 0.2) is 0 Å². The number of hydrogen-bond donors (Lipinski definition) is 2. The molecule has 0 aliphatic heterocycles. The molecule has 2 rings (SSSR count). The third-order valence-corrected chi connectivity index (χ3v) is 3.56. The number of rotatable bonds is 5. The minimum absolute atomic E-state index is 0.0598. The molecule has 0 unspecified atom stereocenters. The Morgan fingerprint density at radius 2 is 1.76 bits per heavy atom. The van der Waals surface area contributed by atoms with Crippen molar-refractivity contribution in [2.24, 2.45) is 0 Å². The first-order valence-corrected chi connectivity index (χ1v) is 6.54. The summed E-state index contributed by atoms with van der Waals surface area (Å²) >= 11 is 0. The first-order chi connectivity index (χ1) is 9.93. The van der Waals surface area contributed by atoms with Crippen LogP contribution < -0.4 is 10.1 Å². The predicted molar refractivity (Wildman–Crippen MR) is 69.4 cm³/mol. The van der Waals surface area contributed by atoms with Crippen molar-refractivity contribution in [3.63, 3.8) is 0 Å². The maximum atomic E-state index is 12.1. The van der Waals surface area contributed by atoms with E-state index in [1.54, 1.807) is 0 Å². The van der Waals surface area contributed by atoms with Gasteiger partial charge in [0.1, 0.15) is 11.3 Å². The second kappa shape index (κ2) is 6.07. The summed E-state index contributed by atoms with van der Waals surface area (Å²) in [5, 5.41) is 11.8. The number of nitrogens with one attached hydrogen (secondary N) is 1. The third-order valence-electron chi connectivity index (χ3n) is 3.56. The second-order valence-electron chi connectivity index (χ2n) is 4.95. The molecule has 1 amide bonds. The van der Waals surface area contributed by atoms with Gasteiger partial charge in [0.05, 0.1) is 0 Å². The van der Waals surface area contributed by atoms with Crippen molar-refractivity contribution in [1.29, 1.82) is 0 Å². The van der Waals surface area contributed by atoms with E-state index in [1.165, 1.54) is 24.3 Å². The van der Waals surface area contributed by atoms with Gasteiger partial charge in [0.2, 0.25) is 0 Å². The summed E-state index contributed by atoms with van der Waals surface area (Å²) in [5.74, 6) is -1.65. The monoisotopic (exact) mass is 299 g/mol. The van der Waals surface area contributed by atoms with Crippen LogP contribution in [0.2, 0.25) is 0 Å². The molecule has 1 aliphatic rings. The Kier molecular flexibility index (Phi) is 4.40. The Balaban J connectivity index is 2.07. The lowest BCUT2D eigenvalue weighted by molar-refractivity contribution is -0.144. The zero-order valence-electron chi connectivity index (χ0n) is 11.1. The number of carbonyl (C=O) groups excluding carboxylic acids is 1. The van der Waals surface area contributed by atoms with Crippen LogP contribution in [-0.2, 0) is 4.79 Å². The van der Waals surface area contributed by atoms with Gasteiger partial charge in [-0.3, -0.25) is 4.79 Å². The molecule has 0 bridgehead atoms. The number of aliphatic carboxylic acids is 1. The van der Waals surface area contributed by atoms with Crippen LogP contribution in [0.25, 0.3) is 0 Å². The summed E-state index contributed by atoms with van der Waals surface area (Å²) in [6.07, 6.45) is 2.27. The van der Waals surface area contributed by atoms with Crippen LogP contribution in [0.5, 0.6) is 5.75 Å². The number of carboxylic acid groups (broad SMARTS) is 1. The van der Waals surface area contributed by atoms with Crippen molar-refractivity contribution in [3.8, 4) is 5.75 Å². The fraction of sp³-hybridized carbons (Fsp3) is 0.429. The fourth-order valence-corrected chi connectivity index (χ4v) is 2.45. The van der Waals surface area contributed by atoms with Crippen LogP contribution in [0.3, 0.4) is 0 Å². The van der Waals surface area contributed by atoms with Gasteiger partial charge in [-0.1, -0.05) is 12.8 Å². The Morgan fingerprint density at radius 1 is 1.19 bits per heavy atom. The van der Waals surface area contributed by atoms with E-state index < -0.39 is 24.0 Å². The average molecular weight is 299 g/mol. The van der Waals surface area contributed by atoms with E-state index in [2.05, 4.69) is 10.1 Å². The summed E-state index contributed by atoms with van der Waals surface area (Å²) in [7, 11) is 0. The standard InChI is InChI=1S/C14H15F2NO4/c15-13(16)21-10-5-3-9(4-6-10)11(18)17-14(12(19)20)7-1-2-8-14/h3-6,13H,1-2,7-8H2,(H,17,18)(H,19,20). The molecule has 1 fully saturated rings. The van der Waals surface area contributed by atoms with E-state index in [9.17, 15) is 23.5 Å². The summed E-state index contributed by atoms with van der Waals surface area (Å²) in [6.45, 7) is -2.93. The molecule has 1 aromatic rings. The highest BCUT2D eigenvalue weighted by Crippen LogP contribution is 2.30. The van der Waals surface area contributed by atoms with Crippen LogP contribution >= 0.6 is 0 Å². The van der Waals surface area contributed by atoms with Gasteiger partial charge in [0, 0.05) is 5.56 Å². The number of benzene rings is 1. The molecule has 7 heteroatoms. The molecule has 0 saturated heterocycles. The van der Waals surface area contributed by atoms with E-state index >= 15 is 0 Å². The highest BCUT2D eigenvalue weighted by atomic mass is 19.3. The zero-order valence-corrected chi connectivity index (χ0v) is 11.1. The Bertz CT molecular complexity index is 524. The molecule has 0 atom stereocenters. The SMILES string of the molecule is O=C(NC1(C(=O)O)CCCC1)c1ccc(OC(F)F)cc1. The smallest absolute Gasteiger partial charge is 0.387 e. The largest absolute Gasteiger partial charge is 0.480 e. The average Bonchev–Trinajstić information content (AvgIpc) is 2.88. The molecule has 0 heterocycles. The van der Waals surface area contributed by atoms with Crippen molar-refractivity contribution in [3.05, 3.63) is 29.8 Å². The molecular formula is C14H15F2NO4. The van der Waals surface area contributed by atoms with Gasteiger partial charge < -0.3 is 15.2 Å². The van der Waals surface area contributed by atoms with Crippen LogP contribution in [0.1, 0.15) is 36.0 Å². The van der Waals surface area contributed by atoms with E-state index in [-0.39, 0.29) is 11.3 Å². The molecule has 114 valence electrons. The minimum atomic E-state index is -2.93. The van der Waals surface area contributed by atoms with Crippen molar-refractivity contribution in [1.82, 2.24) is 5.32 Å². The Morgan fingerprint density at radius 3 is 2.24 bits per heavy atom. The van der Waals surface area contributed by atoms with Crippen molar-refractivity contribution in [2.75, 3.05) is 0 Å². The van der Waals surface area contributed by atoms with Gasteiger partial charge in [-0.05, 0) is 37.1 Å².